The van der Waals surface area contributed by atoms with Crippen LogP contribution in [0, 0.1) is 23.1 Å². The Kier molecular flexibility index (Phi) is 7.18. The van der Waals surface area contributed by atoms with Crippen molar-refractivity contribution < 1.29 is 4.39 Å². The fraction of sp³-hybridized carbons (Fsp3) is 0.588. The molecule has 0 saturated heterocycles. The number of hydrogen-bond donors (Lipinski definition) is 1. The normalized spacial score (nSPS) is 13.5. The molecule has 0 aromatic heterocycles. The molecule has 1 aromatic rings. The maximum absolute atomic E-state index is 13.6. The average molecular weight is 291 g/mol. The molecule has 0 aliphatic carbocycles. The summed E-state index contributed by atoms with van der Waals surface area (Å²) in [6.07, 6.45) is 1.04. The van der Waals surface area contributed by atoms with Gasteiger partial charge in [0.25, 0.3) is 0 Å². The molecule has 0 bridgehead atoms. The Balaban J connectivity index is 3.06. The van der Waals surface area contributed by atoms with Crippen molar-refractivity contribution in [1.82, 2.24) is 5.32 Å². The van der Waals surface area contributed by atoms with Crippen LogP contribution in [-0.4, -0.2) is 19.6 Å². The lowest BCUT2D eigenvalue weighted by atomic mass is 10.0. The molecule has 0 amide bonds. The number of nitrogens with one attached hydrogen (secondary N) is 1. The average Bonchev–Trinajstić information content (AvgIpc) is 2.50. The lowest BCUT2D eigenvalue weighted by Crippen LogP contribution is -2.30. The van der Waals surface area contributed by atoms with Crippen molar-refractivity contribution in [2.45, 2.75) is 40.2 Å². The van der Waals surface area contributed by atoms with E-state index in [0.717, 1.165) is 30.8 Å². The van der Waals surface area contributed by atoms with Gasteiger partial charge in [0.05, 0.1) is 12.0 Å². The van der Waals surface area contributed by atoms with Crippen molar-refractivity contribution in [3.63, 3.8) is 0 Å². The summed E-state index contributed by atoms with van der Waals surface area (Å²) in [4.78, 5) is 2.15. The fourth-order valence-electron chi connectivity index (χ4n) is 2.40. The van der Waals surface area contributed by atoms with Gasteiger partial charge in [-0.05, 0) is 57.5 Å². The number of rotatable bonds is 8. The molecule has 116 valence electrons. The standard InChI is InChI=1S/C17H26FN3/c1-5-9-20-14(4)16-10-15(18)7-8-17(16)21(6-2)12-13(3)11-19/h7-8,10,13-14,20H,5-6,9,12H2,1-4H3. The van der Waals surface area contributed by atoms with E-state index in [-0.39, 0.29) is 17.8 Å². The quantitative estimate of drug-likeness (QED) is 0.790. The Bertz CT molecular complexity index is 481. The monoisotopic (exact) mass is 291 g/mol. The van der Waals surface area contributed by atoms with E-state index in [0.29, 0.717) is 6.54 Å². The molecule has 1 rings (SSSR count). The zero-order valence-electron chi connectivity index (χ0n) is 13.5. The van der Waals surface area contributed by atoms with E-state index in [4.69, 9.17) is 5.26 Å². The van der Waals surface area contributed by atoms with Crippen molar-refractivity contribution in [2.24, 2.45) is 5.92 Å². The number of halogens is 1. The summed E-state index contributed by atoms with van der Waals surface area (Å²) in [6.45, 7) is 10.5. The van der Waals surface area contributed by atoms with Crippen molar-refractivity contribution in [3.8, 4) is 6.07 Å². The van der Waals surface area contributed by atoms with Crippen molar-refractivity contribution in [3.05, 3.63) is 29.6 Å². The van der Waals surface area contributed by atoms with Gasteiger partial charge in [0, 0.05) is 24.8 Å². The van der Waals surface area contributed by atoms with Crippen molar-refractivity contribution in [1.29, 1.82) is 5.26 Å². The van der Waals surface area contributed by atoms with Gasteiger partial charge in [-0.15, -0.1) is 0 Å². The molecular formula is C17H26FN3. The first-order valence-electron chi connectivity index (χ1n) is 7.70. The minimum atomic E-state index is -0.219. The highest BCUT2D eigenvalue weighted by Gasteiger charge is 2.17. The number of nitrogens with zero attached hydrogens (tertiary/aromatic N) is 2. The second-order valence-electron chi connectivity index (χ2n) is 5.45. The van der Waals surface area contributed by atoms with Gasteiger partial charge in [-0.25, -0.2) is 4.39 Å². The van der Waals surface area contributed by atoms with Crippen LogP contribution in [-0.2, 0) is 0 Å². The molecule has 2 unspecified atom stereocenters. The van der Waals surface area contributed by atoms with Crippen LogP contribution in [0.2, 0.25) is 0 Å². The lowest BCUT2D eigenvalue weighted by Gasteiger charge is -2.29. The number of benzene rings is 1. The molecule has 0 aliphatic rings. The van der Waals surface area contributed by atoms with E-state index >= 15 is 0 Å². The molecule has 0 heterocycles. The van der Waals surface area contributed by atoms with E-state index < -0.39 is 0 Å². The smallest absolute Gasteiger partial charge is 0.123 e. The van der Waals surface area contributed by atoms with Crippen LogP contribution < -0.4 is 10.2 Å². The Morgan fingerprint density at radius 2 is 2.05 bits per heavy atom. The lowest BCUT2D eigenvalue weighted by molar-refractivity contribution is 0.559. The van der Waals surface area contributed by atoms with Crippen LogP contribution in [0.3, 0.4) is 0 Å². The summed E-state index contributed by atoms with van der Waals surface area (Å²) in [7, 11) is 0. The molecule has 2 atom stereocenters. The summed E-state index contributed by atoms with van der Waals surface area (Å²) in [6, 6.07) is 7.26. The van der Waals surface area contributed by atoms with Crippen LogP contribution in [0.1, 0.15) is 45.7 Å². The summed E-state index contributed by atoms with van der Waals surface area (Å²) < 4.78 is 13.6. The van der Waals surface area contributed by atoms with Crippen molar-refractivity contribution in [2.75, 3.05) is 24.5 Å². The van der Waals surface area contributed by atoms with E-state index in [9.17, 15) is 4.39 Å². The van der Waals surface area contributed by atoms with Crippen LogP contribution in [0.15, 0.2) is 18.2 Å². The summed E-state index contributed by atoms with van der Waals surface area (Å²) in [5.74, 6) is -0.273. The molecule has 4 heteroatoms. The fourth-order valence-corrected chi connectivity index (χ4v) is 2.40. The highest BCUT2D eigenvalue weighted by atomic mass is 19.1. The zero-order chi connectivity index (χ0) is 15.8. The largest absolute Gasteiger partial charge is 0.370 e. The predicted octanol–water partition coefficient (Wildman–Crippen LogP) is 3.87. The first-order chi connectivity index (χ1) is 10.0. The third-order valence-corrected chi connectivity index (χ3v) is 3.59. The van der Waals surface area contributed by atoms with Gasteiger partial charge in [0.1, 0.15) is 5.82 Å². The van der Waals surface area contributed by atoms with Gasteiger partial charge in [0.15, 0.2) is 0 Å². The molecule has 21 heavy (non-hydrogen) atoms. The Morgan fingerprint density at radius 1 is 1.33 bits per heavy atom. The van der Waals surface area contributed by atoms with Gasteiger partial charge in [-0.3, -0.25) is 0 Å². The van der Waals surface area contributed by atoms with Crippen LogP contribution in [0.5, 0.6) is 0 Å². The molecule has 1 aromatic carbocycles. The molecule has 0 spiro atoms. The Hall–Kier alpha value is -1.60. The molecule has 0 radical (unpaired) electrons. The number of hydrogen-bond acceptors (Lipinski definition) is 3. The Morgan fingerprint density at radius 3 is 2.62 bits per heavy atom. The minimum absolute atomic E-state index is 0.0539. The zero-order valence-corrected chi connectivity index (χ0v) is 13.5. The number of nitriles is 1. The summed E-state index contributed by atoms with van der Waals surface area (Å²) in [5.41, 5.74) is 1.97. The molecule has 0 aliphatic heterocycles. The second-order valence-corrected chi connectivity index (χ2v) is 5.45. The van der Waals surface area contributed by atoms with Crippen LogP contribution in [0.25, 0.3) is 0 Å². The second kappa shape index (κ2) is 8.63. The predicted molar refractivity (Wildman–Crippen MR) is 85.8 cm³/mol. The SMILES string of the molecule is CCCNC(C)c1cc(F)ccc1N(CC)CC(C)C#N. The van der Waals surface area contributed by atoms with Crippen molar-refractivity contribution >= 4 is 5.69 Å². The van der Waals surface area contributed by atoms with Gasteiger partial charge < -0.3 is 10.2 Å². The van der Waals surface area contributed by atoms with E-state index in [1.54, 1.807) is 6.07 Å². The maximum Gasteiger partial charge on any atom is 0.123 e. The third kappa shape index (κ3) is 5.02. The van der Waals surface area contributed by atoms with Crippen LogP contribution >= 0.6 is 0 Å². The number of anilines is 1. The minimum Gasteiger partial charge on any atom is -0.370 e. The first kappa shape index (κ1) is 17.5. The van der Waals surface area contributed by atoms with Gasteiger partial charge in [-0.2, -0.15) is 5.26 Å². The summed E-state index contributed by atoms with van der Waals surface area (Å²) >= 11 is 0. The summed E-state index contributed by atoms with van der Waals surface area (Å²) in [5, 5.41) is 12.4. The molecular weight excluding hydrogens is 265 g/mol. The van der Waals surface area contributed by atoms with E-state index in [2.05, 4.69) is 37.1 Å². The topological polar surface area (TPSA) is 39.1 Å². The van der Waals surface area contributed by atoms with Gasteiger partial charge in [-0.1, -0.05) is 6.92 Å². The third-order valence-electron chi connectivity index (χ3n) is 3.59. The molecule has 0 fully saturated rings. The molecule has 0 saturated carbocycles. The molecule has 1 N–H and O–H groups in total. The van der Waals surface area contributed by atoms with E-state index in [1.807, 2.05) is 13.0 Å². The van der Waals surface area contributed by atoms with Crippen LogP contribution in [0.4, 0.5) is 10.1 Å². The van der Waals surface area contributed by atoms with Gasteiger partial charge >= 0.3 is 0 Å². The Labute approximate surface area is 127 Å². The highest BCUT2D eigenvalue weighted by molar-refractivity contribution is 5.55. The first-order valence-corrected chi connectivity index (χ1v) is 7.70. The highest BCUT2D eigenvalue weighted by Crippen LogP contribution is 2.28. The van der Waals surface area contributed by atoms with E-state index in [1.165, 1.54) is 6.07 Å². The van der Waals surface area contributed by atoms with Gasteiger partial charge in [0.2, 0.25) is 0 Å². The molecule has 3 nitrogen and oxygen atoms in total. The maximum atomic E-state index is 13.6.